The second kappa shape index (κ2) is 4.78. The molecule has 0 aromatic rings. The highest BCUT2D eigenvalue weighted by molar-refractivity contribution is 5.72. The fourth-order valence-corrected chi connectivity index (χ4v) is 2.14. The molecular formula is C11H21NO2. The Bertz CT molecular complexity index is 197. The predicted molar refractivity (Wildman–Crippen MR) is 56.3 cm³/mol. The summed E-state index contributed by atoms with van der Waals surface area (Å²) in [6.45, 7) is 4.04. The highest BCUT2D eigenvalue weighted by Gasteiger charge is 2.27. The Morgan fingerprint density at radius 1 is 1.36 bits per heavy atom. The van der Waals surface area contributed by atoms with Crippen LogP contribution in [-0.4, -0.2) is 35.1 Å². The van der Waals surface area contributed by atoms with E-state index < -0.39 is 5.97 Å². The standard InChI is InChI=1S/C11H21NO2/c1-8-4-6-10(7-5-8)12(3)9(2)11(13)14/h8-10H,4-7H2,1-3H3,(H,13,14). The average Bonchev–Trinajstić information content (AvgIpc) is 2.16. The van der Waals surface area contributed by atoms with E-state index in [0.29, 0.717) is 6.04 Å². The summed E-state index contributed by atoms with van der Waals surface area (Å²) in [5.74, 6) is 0.103. The molecule has 82 valence electrons. The lowest BCUT2D eigenvalue weighted by molar-refractivity contribution is -0.143. The Labute approximate surface area is 86.1 Å². The van der Waals surface area contributed by atoms with Crippen LogP contribution in [0.4, 0.5) is 0 Å². The third-order valence-corrected chi connectivity index (χ3v) is 3.53. The number of carboxylic acids is 1. The molecule has 1 N–H and O–H groups in total. The molecule has 1 atom stereocenters. The van der Waals surface area contributed by atoms with Gasteiger partial charge in [-0.05, 0) is 45.6 Å². The van der Waals surface area contributed by atoms with Gasteiger partial charge in [-0.15, -0.1) is 0 Å². The minimum absolute atomic E-state index is 0.353. The maximum Gasteiger partial charge on any atom is 0.320 e. The summed E-state index contributed by atoms with van der Waals surface area (Å²) in [5, 5.41) is 8.89. The number of likely N-dealkylation sites (N-methyl/N-ethyl adjacent to an activating group) is 1. The van der Waals surface area contributed by atoms with Gasteiger partial charge in [-0.2, -0.15) is 0 Å². The smallest absolute Gasteiger partial charge is 0.320 e. The first-order valence-electron chi connectivity index (χ1n) is 5.47. The van der Waals surface area contributed by atoms with Crippen LogP contribution in [0.5, 0.6) is 0 Å². The monoisotopic (exact) mass is 199 g/mol. The van der Waals surface area contributed by atoms with Crippen LogP contribution >= 0.6 is 0 Å². The van der Waals surface area contributed by atoms with E-state index in [0.717, 1.165) is 18.8 Å². The van der Waals surface area contributed by atoms with Gasteiger partial charge in [0.15, 0.2) is 0 Å². The Morgan fingerprint density at radius 2 is 1.86 bits per heavy atom. The van der Waals surface area contributed by atoms with Gasteiger partial charge in [-0.1, -0.05) is 6.92 Å². The van der Waals surface area contributed by atoms with Crippen LogP contribution in [0.25, 0.3) is 0 Å². The van der Waals surface area contributed by atoms with Gasteiger partial charge in [0.05, 0.1) is 0 Å². The lowest BCUT2D eigenvalue weighted by atomic mass is 9.86. The molecule has 0 saturated heterocycles. The van der Waals surface area contributed by atoms with E-state index in [4.69, 9.17) is 5.11 Å². The summed E-state index contributed by atoms with van der Waals surface area (Å²) >= 11 is 0. The van der Waals surface area contributed by atoms with Gasteiger partial charge in [0.1, 0.15) is 6.04 Å². The number of carboxylic acid groups (broad SMARTS) is 1. The van der Waals surface area contributed by atoms with Gasteiger partial charge < -0.3 is 5.11 Å². The van der Waals surface area contributed by atoms with Crippen molar-refractivity contribution in [3.05, 3.63) is 0 Å². The summed E-state index contributed by atoms with van der Waals surface area (Å²) < 4.78 is 0. The molecule has 1 rings (SSSR count). The molecule has 0 radical (unpaired) electrons. The van der Waals surface area contributed by atoms with Crippen LogP contribution in [0, 0.1) is 5.92 Å². The molecule has 1 aliphatic carbocycles. The van der Waals surface area contributed by atoms with E-state index in [1.165, 1.54) is 12.8 Å². The highest BCUT2D eigenvalue weighted by Crippen LogP contribution is 2.27. The molecule has 3 heteroatoms. The van der Waals surface area contributed by atoms with Crippen molar-refractivity contribution in [2.45, 2.75) is 51.6 Å². The van der Waals surface area contributed by atoms with Gasteiger partial charge >= 0.3 is 5.97 Å². The minimum Gasteiger partial charge on any atom is -0.480 e. The molecule has 14 heavy (non-hydrogen) atoms. The number of aliphatic carboxylic acids is 1. The molecule has 1 fully saturated rings. The largest absolute Gasteiger partial charge is 0.480 e. The Morgan fingerprint density at radius 3 is 2.29 bits per heavy atom. The van der Waals surface area contributed by atoms with E-state index in [2.05, 4.69) is 6.92 Å². The van der Waals surface area contributed by atoms with Crippen LogP contribution in [0.15, 0.2) is 0 Å². The highest BCUT2D eigenvalue weighted by atomic mass is 16.4. The first kappa shape index (κ1) is 11.5. The van der Waals surface area contributed by atoms with Crippen LogP contribution in [-0.2, 0) is 4.79 Å². The summed E-state index contributed by atoms with van der Waals surface area (Å²) in [4.78, 5) is 12.8. The molecule has 1 aliphatic rings. The van der Waals surface area contributed by atoms with Crippen molar-refractivity contribution >= 4 is 5.97 Å². The van der Waals surface area contributed by atoms with Gasteiger partial charge in [-0.3, -0.25) is 9.69 Å². The molecule has 1 unspecified atom stereocenters. The van der Waals surface area contributed by atoms with Crippen molar-refractivity contribution in [1.82, 2.24) is 4.90 Å². The van der Waals surface area contributed by atoms with Crippen LogP contribution < -0.4 is 0 Å². The zero-order valence-electron chi connectivity index (χ0n) is 9.36. The second-order valence-electron chi connectivity index (χ2n) is 4.59. The maximum absolute atomic E-state index is 10.8. The number of hydrogen-bond acceptors (Lipinski definition) is 2. The van der Waals surface area contributed by atoms with Crippen LogP contribution in [0.3, 0.4) is 0 Å². The number of hydrogen-bond donors (Lipinski definition) is 1. The minimum atomic E-state index is -0.717. The van der Waals surface area contributed by atoms with Gasteiger partial charge in [0.2, 0.25) is 0 Å². The van der Waals surface area contributed by atoms with Crippen LogP contribution in [0.1, 0.15) is 39.5 Å². The van der Waals surface area contributed by atoms with Crippen molar-refractivity contribution in [3.8, 4) is 0 Å². The summed E-state index contributed by atoms with van der Waals surface area (Å²) in [6, 6.07) is 0.116. The molecule has 0 bridgehead atoms. The second-order valence-corrected chi connectivity index (χ2v) is 4.59. The Kier molecular flexibility index (Phi) is 3.93. The fourth-order valence-electron chi connectivity index (χ4n) is 2.14. The van der Waals surface area contributed by atoms with Crippen molar-refractivity contribution in [2.75, 3.05) is 7.05 Å². The average molecular weight is 199 g/mol. The summed E-state index contributed by atoms with van der Waals surface area (Å²) in [5.41, 5.74) is 0. The fraction of sp³-hybridized carbons (Fsp3) is 0.909. The Hall–Kier alpha value is -0.570. The normalized spacial score (nSPS) is 30.3. The summed E-state index contributed by atoms with van der Waals surface area (Å²) in [6.07, 6.45) is 4.77. The first-order valence-corrected chi connectivity index (χ1v) is 5.47. The SMILES string of the molecule is CC1CCC(N(C)C(C)C(=O)O)CC1. The first-order chi connectivity index (χ1) is 6.52. The van der Waals surface area contributed by atoms with Crippen molar-refractivity contribution < 1.29 is 9.90 Å². The van der Waals surface area contributed by atoms with E-state index in [-0.39, 0.29) is 6.04 Å². The number of carbonyl (C=O) groups is 1. The molecule has 3 nitrogen and oxygen atoms in total. The lowest BCUT2D eigenvalue weighted by Crippen LogP contribution is -2.44. The number of rotatable bonds is 3. The van der Waals surface area contributed by atoms with E-state index in [9.17, 15) is 4.79 Å². The zero-order valence-corrected chi connectivity index (χ0v) is 9.36. The molecule has 0 amide bonds. The quantitative estimate of drug-likeness (QED) is 0.755. The van der Waals surface area contributed by atoms with Crippen LogP contribution in [0.2, 0.25) is 0 Å². The van der Waals surface area contributed by atoms with E-state index in [1.807, 2.05) is 11.9 Å². The molecule has 0 heterocycles. The van der Waals surface area contributed by atoms with Gasteiger partial charge in [0, 0.05) is 6.04 Å². The molecule has 0 aromatic heterocycles. The van der Waals surface area contributed by atoms with Crippen molar-refractivity contribution in [2.24, 2.45) is 5.92 Å². The van der Waals surface area contributed by atoms with Crippen molar-refractivity contribution in [3.63, 3.8) is 0 Å². The van der Waals surface area contributed by atoms with E-state index >= 15 is 0 Å². The third kappa shape index (κ3) is 2.71. The summed E-state index contributed by atoms with van der Waals surface area (Å²) in [7, 11) is 1.93. The van der Waals surface area contributed by atoms with Gasteiger partial charge in [0.25, 0.3) is 0 Å². The van der Waals surface area contributed by atoms with E-state index in [1.54, 1.807) is 6.92 Å². The lowest BCUT2D eigenvalue weighted by Gasteiger charge is -2.35. The maximum atomic E-state index is 10.8. The topological polar surface area (TPSA) is 40.5 Å². The number of nitrogens with zero attached hydrogens (tertiary/aromatic N) is 1. The Balaban J connectivity index is 2.45. The molecule has 1 saturated carbocycles. The van der Waals surface area contributed by atoms with Gasteiger partial charge in [-0.25, -0.2) is 0 Å². The zero-order chi connectivity index (χ0) is 10.7. The molecular weight excluding hydrogens is 178 g/mol. The molecule has 0 aliphatic heterocycles. The molecule has 0 spiro atoms. The third-order valence-electron chi connectivity index (χ3n) is 3.53. The van der Waals surface area contributed by atoms with Crippen molar-refractivity contribution in [1.29, 1.82) is 0 Å². The molecule has 0 aromatic carbocycles. The predicted octanol–water partition coefficient (Wildman–Crippen LogP) is 1.97.